The van der Waals surface area contributed by atoms with Crippen LogP contribution in [-0.4, -0.2) is 61.2 Å². The molecule has 3 heteroatoms. The number of hydrogen-bond donors (Lipinski definition) is 0. The van der Waals surface area contributed by atoms with Crippen molar-refractivity contribution >= 4 is 5.69 Å². The molecule has 2 saturated heterocycles. The Morgan fingerprint density at radius 3 is 2.08 bits per heavy atom. The highest BCUT2D eigenvalue weighted by atomic mass is 15.3. The number of anilines is 1. The summed E-state index contributed by atoms with van der Waals surface area (Å²) in [6.07, 6.45) is 8.93. The first kappa shape index (κ1) is 16.1. The van der Waals surface area contributed by atoms with E-state index < -0.39 is 0 Å². The Bertz CT molecular complexity index is 558. The van der Waals surface area contributed by atoms with Crippen molar-refractivity contribution in [3.63, 3.8) is 0 Å². The Morgan fingerprint density at radius 2 is 1.44 bits per heavy atom. The van der Waals surface area contributed by atoms with Crippen molar-refractivity contribution in [2.75, 3.05) is 44.2 Å². The molecule has 4 fully saturated rings. The van der Waals surface area contributed by atoms with Crippen LogP contribution >= 0.6 is 0 Å². The van der Waals surface area contributed by atoms with Gasteiger partial charge >= 0.3 is 0 Å². The van der Waals surface area contributed by atoms with Gasteiger partial charge in [-0.2, -0.15) is 0 Å². The summed E-state index contributed by atoms with van der Waals surface area (Å²) in [5, 5.41) is 0. The van der Waals surface area contributed by atoms with E-state index in [9.17, 15) is 0 Å². The molecule has 1 aromatic rings. The monoisotopic (exact) mass is 339 g/mol. The maximum absolute atomic E-state index is 2.88. The Morgan fingerprint density at radius 1 is 0.680 bits per heavy atom. The first-order valence-corrected chi connectivity index (χ1v) is 10.6. The van der Waals surface area contributed by atoms with Gasteiger partial charge in [-0.05, 0) is 69.2 Å². The number of nitrogens with zero attached hydrogens (tertiary/aromatic N) is 3. The molecule has 4 aliphatic rings. The largest absolute Gasteiger partial charge is 0.369 e. The summed E-state index contributed by atoms with van der Waals surface area (Å²) < 4.78 is 0. The van der Waals surface area contributed by atoms with Crippen molar-refractivity contribution in [3.8, 4) is 0 Å². The molecule has 0 aromatic heterocycles. The van der Waals surface area contributed by atoms with Crippen LogP contribution in [0.25, 0.3) is 0 Å². The highest BCUT2D eigenvalue weighted by Gasteiger charge is 2.43. The third-order valence-corrected chi connectivity index (χ3v) is 7.62. The molecule has 2 saturated carbocycles. The summed E-state index contributed by atoms with van der Waals surface area (Å²) in [7, 11) is 0. The van der Waals surface area contributed by atoms with Crippen molar-refractivity contribution in [2.24, 2.45) is 11.8 Å². The number of hydrogen-bond acceptors (Lipinski definition) is 3. The van der Waals surface area contributed by atoms with Crippen LogP contribution in [0.15, 0.2) is 30.3 Å². The molecule has 5 rings (SSSR count). The topological polar surface area (TPSA) is 9.72 Å². The minimum absolute atomic E-state index is 0.841. The molecule has 25 heavy (non-hydrogen) atoms. The summed E-state index contributed by atoms with van der Waals surface area (Å²) >= 11 is 0. The van der Waals surface area contributed by atoms with Crippen LogP contribution in [0.3, 0.4) is 0 Å². The van der Waals surface area contributed by atoms with E-state index in [1.807, 2.05) is 0 Å². The van der Waals surface area contributed by atoms with Gasteiger partial charge in [0.25, 0.3) is 0 Å². The zero-order chi connectivity index (χ0) is 16.6. The first-order chi connectivity index (χ1) is 12.4. The third kappa shape index (κ3) is 3.21. The number of piperazine rings is 1. The first-order valence-electron chi connectivity index (χ1n) is 10.6. The molecule has 0 radical (unpaired) electrons. The second-order valence-corrected chi connectivity index (χ2v) is 8.87. The van der Waals surface area contributed by atoms with Gasteiger partial charge in [0.05, 0.1) is 0 Å². The van der Waals surface area contributed by atoms with Gasteiger partial charge in [-0.25, -0.2) is 0 Å². The van der Waals surface area contributed by atoms with E-state index in [4.69, 9.17) is 0 Å². The molecule has 0 amide bonds. The van der Waals surface area contributed by atoms with Crippen LogP contribution < -0.4 is 4.90 Å². The normalized spacial score (nSPS) is 34.7. The van der Waals surface area contributed by atoms with Crippen molar-refractivity contribution in [2.45, 2.75) is 50.6 Å². The molecule has 2 aliphatic carbocycles. The third-order valence-electron chi connectivity index (χ3n) is 7.62. The fraction of sp³-hybridized carbons (Fsp3) is 0.727. The van der Waals surface area contributed by atoms with E-state index in [2.05, 4.69) is 45.0 Å². The fourth-order valence-corrected chi connectivity index (χ4v) is 6.23. The van der Waals surface area contributed by atoms with Crippen LogP contribution in [0.5, 0.6) is 0 Å². The molecule has 2 aliphatic heterocycles. The Kier molecular flexibility index (Phi) is 4.47. The molecular weight excluding hydrogens is 306 g/mol. The summed E-state index contributed by atoms with van der Waals surface area (Å²) in [5.41, 5.74) is 1.40. The summed E-state index contributed by atoms with van der Waals surface area (Å²) in [4.78, 5) is 8.22. The number of rotatable bonds is 3. The minimum Gasteiger partial charge on any atom is -0.369 e. The minimum atomic E-state index is 0.841. The molecular formula is C22H33N3. The molecule has 0 unspecified atom stereocenters. The number of para-hydroxylation sites is 1. The maximum atomic E-state index is 2.88. The summed E-state index contributed by atoms with van der Waals surface area (Å²) in [6, 6.07) is 12.7. The van der Waals surface area contributed by atoms with E-state index >= 15 is 0 Å². The second kappa shape index (κ2) is 6.92. The van der Waals surface area contributed by atoms with E-state index in [1.165, 1.54) is 77.1 Å². The quantitative estimate of drug-likeness (QED) is 0.835. The van der Waals surface area contributed by atoms with Gasteiger partial charge in [-0.15, -0.1) is 0 Å². The predicted molar refractivity (Wildman–Crippen MR) is 104 cm³/mol. The maximum Gasteiger partial charge on any atom is 0.0367 e. The zero-order valence-corrected chi connectivity index (χ0v) is 15.5. The average molecular weight is 340 g/mol. The van der Waals surface area contributed by atoms with Gasteiger partial charge in [0.15, 0.2) is 0 Å². The van der Waals surface area contributed by atoms with E-state index in [0.29, 0.717) is 0 Å². The van der Waals surface area contributed by atoms with Crippen molar-refractivity contribution < 1.29 is 0 Å². The Labute approximate surface area is 153 Å². The molecule has 2 bridgehead atoms. The van der Waals surface area contributed by atoms with Gasteiger partial charge in [0.2, 0.25) is 0 Å². The van der Waals surface area contributed by atoms with Crippen molar-refractivity contribution in [3.05, 3.63) is 30.3 Å². The number of piperidine rings is 1. The summed E-state index contributed by atoms with van der Waals surface area (Å²) in [6.45, 7) is 7.59. The van der Waals surface area contributed by atoms with E-state index in [1.54, 1.807) is 6.42 Å². The van der Waals surface area contributed by atoms with Gasteiger partial charge in [0, 0.05) is 44.0 Å². The molecule has 136 valence electrons. The second-order valence-electron chi connectivity index (χ2n) is 8.87. The number of fused-ring (bicyclic) bond motifs is 2. The van der Waals surface area contributed by atoms with Gasteiger partial charge in [-0.1, -0.05) is 24.6 Å². The van der Waals surface area contributed by atoms with Crippen molar-refractivity contribution in [1.29, 1.82) is 0 Å². The molecule has 0 spiro atoms. The number of benzene rings is 1. The van der Waals surface area contributed by atoms with Crippen LogP contribution in [0.4, 0.5) is 5.69 Å². The lowest BCUT2D eigenvalue weighted by Gasteiger charge is -2.45. The van der Waals surface area contributed by atoms with Gasteiger partial charge in [-0.3, -0.25) is 9.80 Å². The molecule has 0 N–H and O–H groups in total. The van der Waals surface area contributed by atoms with Crippen LogP contribution in [0.1, 0.15) is 38.5 Å². The highest BCUT2D eigenvalue weighted by molar-refractivity contribution is 5.46. The van der Waals surface area contributed by atoms with Gasteiger partial charge < -0.3 is 4.90 Å². The molecule has 3 atom stereocenters. The molecule has 3 nitrogen and oxygen atoms in total. The van der Waals surface area contributed by atoms with E-state index in [-0.39, 0.29) is 0 Å². The SMILES string of the molecule is c1ccc(N2CCN(C3CCN([C@H]4C[C@@H]5CC[C@@H]4C5)CC3)CC2)cc1. The Hall–Kier alpha value is -1.06. The van der Waals surface area contributed by atoms with E-state index in [0.717, 1.165) is 23.9 Å². The lowest BCUT2D eigenvalue weighted by Crippen LogP contribution is -2.54. The van der Waals surface area contributed by atoms with Crippen LogP contribution in [0.2, 0.25) is 0 Å². The number of likely N-dealkylation sites (tertiary alicyclic amines) is 1. The van der Waals surface area contributed by atoms with Crippen molar-refractivity contribution in [1.82, 2.24) is 9.80 Å². The van der Waals surface area contributed by atoms with Gasteiger partial charge in [0.1, 0.15) is 0 Å². The lowest BCUT2D eigenvalue weighted by molar-refractivity contribution is 0.0618. The van der Waals surface area contributed by atoms with Crippen LogP contribution in [-0.2, 0) is 0 Å². The highest BCUT2D eigenvalue weighted by Crippen LogP contribution is 2.47. The molecule has 2 heterocycles. The standard InChI is InChI=1S/C22H33N3/c1-2-4-20(5-3-1)23-12-14-24(15-13-23)21-8-10-25(11-9-21)22-17-18-6-7-19(22)16-18/h1-5,18-19,21-22H,6-17H2/t18-,19-,22+/m1/s1. The smallest absolute Gasteiger partial charge is 0.0367 e. The average Bonchev–Trinajstić information content (AvgIpc) is 3.33. The fourth-order valence-electron chi connectivity index (χ4n) is 6.23. The predicted octanol–water partition coefficient (Wildman–Crippen LogP) is 3.46. The lowest BCUT2D eigenvalue weighted by atomic mass is 9.91. The molecule has 1 aromatic carbocycles. The zero-order valence-electron chi connectivity index (χ0n) is 15.5. The summed E-state index contributed by atoms with van der Waals surface area (Å²) in [5.74, 6) is 2.13. The Balaban J connectivity index is 1.11. The van der Waals surface area contributed by atoms with Crippen LogP contribution in [0, 0.1) is 11.8 Å².